The van der Waals surface area contributed by atoms with E-state index >= 15 is 0 Å². The highest BCUT2D eigenvalue weighted by Gasteiger charge is 2.13. The topological polar surface area (TPSA) is 63.3 Å². The summed E-state index contributed by atoms with van der Waals surface area (Å²) >= 11 is 1.61. The average molecular weight is 259 g/mol. The maximum absolute atomic E-state index is 11.5. The molecule has 0 aliphatic rings. The Bertz CT molecular complexity index is 816. The van der Waals surface area contributed by atoms with Crippen molar-refractivity contribution in [2.75, 3.05) is 7.11 Å². The van der Waals surface area contributed by atoms with Gasteiger partial charge in [-0.2, -0.15) is 0 Å². The fourth-order valence-corrected chi connectivity index (χ4v) is 2.69. The molecule has 3 rings (SSSR count). The zero-order valence-corrected chi connectivity index (χ0v) is 10.3. The smallest absolute Gasteiger partial charge is 0.343 e. The van der Waals surface area contributed by atoms with Gasteiger partial charge in [0.05, 0.1) is 7.11 Å². The van der Waals surface area contributed by atoms with Gasteiger partial charge in [0, 0.05) is 15.5 Å². The van der Waals surface area contributed by atoms with Gasteiger partial charge in [0.25, 0.3) is 0 Å². The molecule has 0 atom stereocenters. The Kier molecular flexibility index (Phi) is 2.41. The van der Waals surface area contributed by atoms with Gasteiger partial charge in [-0.25, -0.2) is 4.79 Å². The van der Waals surface area contributed by atoms with E-state index in [0.717, 1.165) is 15.5 Å². The van der Waals surface area contributed by atoms with Crippen LogP contribution in [0.1, 0.15) is 10.4 Å². The Balaban J connectivity index is 2.41. The maximum atomic E-state index is 11.5. The first kappa shape index (κ1) is 11.0. The van der Waals surface area contributed by atoms with E-state index in [1.54, 1.807) is 17.4 Å². The number of ether oxygens (including phenoxy) is 1. The molecular weight excluding hydrogens is 250 g/mol. The Hall–Kier alpha value is -2.14. The van der Waals surface area contributed by atoms with Crippen LogP contribution < -0.4 is 5.55 Å². The number of thiophene rings is 1. The van der Waals surface area contributed by atoms with Crippen molar-refractivity contribution in [3.05, 3.63) is 40.8 Å². The second-order valence-electron chi connectivity index (χ2n) is 3.80. The van der Waals surface area contributed by atoms with Crippen molar-refractivity contribution < 1.29 is 13.9 Å². The minimum absolute atomic E-state index is 0.138. The first-order chi connectivity index (χ1) is 8.70. The van der Waals surface area contributed by atoms with Gasteiger partial charge in [0.1, 0.15) is 11.1 Å². The number of nitrogens with one attached hydrogen (secondary N) is 1. The van der Waals surface area contributed by atoms with Gasteiger partial charge < -0.3 is 9.15 Å². The van der Waals surface area contributed by atoms with Gasteiger partial charge in [-0.05, 0) is 29.6 Å². The monoisotopic (exact) mass is 259 g/mol. The number of carbonyl (C=O) groups is 1. The van der Waals surface area contributed by atoms with E-state index in [9.17, 15) is 4.79 Å². The molecule has 0 saturated carbocycles. The van der Waals surface area contributed by atoms with Crippen LogP contribution in [0.5, 0.6) is 0 Å². The fraction of sp³-hybridized carbons (Fsp3) is 0.0769. The lowest BCUT2D eigenvalue weighted by molar-refractivity contribution is 0.0595. The molecule has 0 radical (unpaired) electrons. The summed E-state index contributed by atoms with van der Waals surface area (Å²) in [6, 6.07) is 7.43. The number of esters is 1. The summed E-state index contributed by atoms with van der Waals surface area (Å²) in [7, 11) is 1.29. The number of carbonyl (C=O) groups excluding carboxylic acids is 1. The SMILES string of the molecule is COC(=O)c1cc2ccc3sccc3c2oc1=N. The van der Waals surface area contributed by atoms with Crippen molar-refractivity contribution in [1.82, 2.24) is 0 Å². The highest BCUT2D eigenvalue weighted by atomic mass is 32.1. The number of hydrogen-bond acceptors (Lipinski definition) is 5. The highest BCUT2D eigenvalue weighted by Crippen LogP contribution is 2.28. The van der Waals surface area contributed by atoms with Crippen LogP contribution in [-0.4, -0.2) is 13.1 Å². The van der Waals surface area contributed by atoms with E-state index in [1.807, 2.05) is 23.6 Å². The van der Waals surface area contributed by atoms with Crippen LogP contribution in [0, 0.1) is 5.41 Å². The molecule has 0 bridgehead atoms. The molecule has 0 fully saturated rings. The summed E-state index contributed by atoms with van der Waals surface area (Å²) in [4.78, 5) is 11.5. The van der Waals surface area contributed by atoms with Crippen molar-refractivity contribution in [2.24, 2.45) is 0 Å². The van der Waals surface area contributed by atoms with Crippen LogP contribution in [0.3, 0.4) is 0 Å². The van der Waals surface area contributed by atoms with E-state index in [4.69, 9.17) is 9.83 Å². The molecule has 0 aliphatic carbocycles. The van der Waals surface area contributed by atoms with E-state index in [2.05, 4.69) is 4.74 Å². The van der Waals surface area contributed by atoms with Crippen molar-refractivity contribution in [2.45, 2.75) is 0 Å². The molecule has 18 heavy (non-hydrogen) atoms. The van der Waals surface area contributed by atoms with Crippen LogP contribution in [0.4, 0.5) is 0 Å². The van der Waals surface area contributed by atoms with Gasteiger partial charge in [-0.15, -0.1) is 11.3 Å². The van der Waals surface area contributed by atoms with Crippen LogP contribution >= 0.6 is 11.3 Å². The molecule has 3 aromatic rings. The third-order valence-electron chi connectivity index (χ3n) is 2.77. The van der Waals surface area contributed by atoms with Crippen molar-refractivity contribution in [3.8, 4) is 0 Å². The normalized spacial score (nSPS) is 10.9. The van der Waals surface area contributed by atoms with Gasteiger partial charge >= 0.3 is 5.97 Å². The molecular formula is C13H9NO3S. The number of benzene rings is 1. The van der Waals surface area contributed by atoms with E-state index in [1.165, 1.54) is 7.11 Å². The van der Waals surface area contributed by atoms with Crippen LogP contribution in [0.2, 0.25) is 0 Å². The Morgan fingerprint density at radius 1 is 1.39 bits per heavy atom. The first-order valence-corrected chi connectivity index (χ1v) is 6.15. The van der Waals surface area contributed by atoms with Crippen molar-refractivity contribution in [3.63, 3.8) is 0 Å². The van der Waals surface area contributed by atoms with Crippen molar-refractivity contribution in [1.29, 1.82) is 5.41 Å². The first-order valence-electron chi connectivity index (χ1n) is 5.27. The number of methoxy groups -OCH3 is 1. The van der Waals surface area contributed by atoms with Gasteiger partial charge in [0.15, 0.2) is 0 Å². The molecule has 0 unspecified atom stereocenters. The zero-order chi connectivity index (χ0) is 12.7. The van der Waals surface area contributed by atoms with Gasteiger partial charge in [-0.1, -0.05) is 0 Å². The second-order valence-corrected chi connectivity index (χ2v) is 4.74. The second kappa shape index (κ2) is 3.96. The molecule has 90 valence electrons. The molecule has 4 nitrogen and oxygen atoms in total. The minimum Gasteiger partial charge on any atom is -0.465 e. The summed E-state index contributed by atoms with van der Waals surface area (Å²) < 4.78 is 11.2. The van der Waals surface area contributed by atoms with Crippen LogP contribution in [0.15, 0.2) is 34.1 Å². The summed E-state index contributed by atoms with van der Waals surface area (Å²) in [5, 5.41) is 11.5. The Labute approximate surface area is 106 Å². The molecule has 5 heteroatoms. The Morgan fingerprint density at radius 3 is 3.00 bits per heavy atom. The zero-order valence-electron chi connectivity index (χ0n) is 9.52. The lowest BCUT2D eigenvalue weighted by Crippen LogP contribution is -2.15. The predicted molar refractivity (Wildman–Crippen MR) is 68.8 cm³/mol. The van der Waals surface area contributed by atoms with Crippen molar-refractivity contribution >= 4 is 38.4 Å². The molecule has 2 heterocycles. The third-order valence-corrected chi connectivity index (χ3v) is 3.65. The largest absolute Gasteiger partial charge is 0.465 e. The van der Waals surface area contributed by atoms with Gasteiger partial charge in [-0.3, -0.25) is 5.41 Å². The standard InChI is InChI=1S/C13H9NO3S/c1-16-13(15)9-6-7-2-3-10-8(4-5-18-10)11(7)17-12(9)14/h2-6,14H,1H3. The lowest BCUT2D eigenvalue weighted by atomic mass is 10.1. The molecule has 0 spiro atoms. The third kappa shape index (κ3) is 1.52. The molecule has 0 aliphatic heterocycles. The average Bonchev–Trinajstić information content (AvgIpc) is 2.85. The Morgan fingerprint density at radius 2 is 2.22 bits per heavy atom. The van der Waals surface area contributed by atoms with Crippen LogP contribution in [-0.2, 0) is 4.74 Å². The quantitative estimate of drug-likeness (QED) is 0.683. The maximum Gasteiger partial charge on any atom is 0.343 e. The van der Waals surface area contributed by atoms with E-state index in [0.29, 0.717) is 5.58 Å². The number of hydrogen-bond donors (Lipinski definition) is 1. The molecule has 1 aromatic carbocycles. The molecule has 2 aromatic heterocycles. The van der Waals surface area contributed by atoms with E-state index < -0.39 is 5.97 Å². The predicted octanol–water partition coefficient (Wildman–Crippen LogP) is 2.91. The lowest BCUT2D eigenvalue weighted by Gasteiger charge is -2.02. The minimum atomic E-state index is -0.559. The van der Waals surface area contributed by atoms with E-state index in [-0.39, 0.29) is 11.1 Å². The summed E-state index contributed by atoms with van der Waals surface area (Å²) in [5.41, 5.74) is 0.596. The fourth-order valence-electron chi connectivity index (χ4n) is 1.90. The summed E-state index contributed by atoms with van der Waals surface area (Å²) in [5.74, 6) is -0.559. The van der Waals surface area contributed by atoms with Gasteiger partial charge in [0.2, 0.25) is 5.55 Å². The number of rotatable bonds is 1. The number of fused-ring (bicyclic) bond motifs is 3. The highest BCUT2D eigenvalue weighted by molar-refractivity contribution is 7.17. The van der Waals surface area contributed by atoms with Crippen LogP contribution in [0.25, 0.3) is 21.1 Å². The summed E-state index contributed by atoms with van der Waals surface area (Å²) in [6.45, 7) is 0. The molecule has 0 amide bonds. The molecule has 1 N–H and O–H groups in total. The molecule has 0 saturated heterocycles. The summed E-state index contributed by atoms with van der Waals surface area (Å²) in [6.07, 6.45) is 0.